The van der Waals surface area contributed by atoms with Crippen LogP contribution in [0.25, 0.3) is 10.8 Å². The normalized spacial score (nSPS) is 11.4. The van der Waals surface area contributed by atoms with Crippen LogP contribution in [0.5, 0.6) is 5.75 Å². The number of benzene rings is 2. The van der Waals surface area contributed by atoms with E-state index in [0.29, 0.717) is 24.8 Å². The van der Waals surface area contributed by atoms with E-state index in [9.17, 15) is 9.59 Å². The summed E-state index contributed by atoms with van der Waals surface area (Å²) in [5.41, 5.74) is 0.564. The van der Waals surface area contributed by atoms with Crippen LogP contribution in [-0.2, 0) is 9.59 Å². The Balaban J connectivity index is 1.74. The maximum absolute atomic E-state index is 13.1. The van der Waals surface area contributed by atoms with Gasteiger partial charge in [0.05, 0.1) is 10.6 Å². The number of carboxylic acid groups (broad SMARTS) is 1. The molecule has 6 heteroatoms. The number of unbranched alkanes of at least 4 members (excludes halogenated alkanes) is 2. The molecule has 0 fully saturated rings. The number of allylic oxidation sites excluding steroid dienone is 1. The van der Waals surface area contributed by atoms with Gasteiger partial charge >= 0.3 is 5.97 Å². The number of carbonyl (C=O) groups is 2. The minimum Gasteiger partial charge on any atom is -0.488 e. The van der Waals surface area contributed by atoms with Crippen LogP contribution in [0.15, 0.2) is 71.6 Å². The fraction of sp³-hybridized carbons (Fsp3) is 0.250. The number of rotatable bonds is 10. The molecule has 0 aliphatic heterocycles. The van der Waals surface area contributed by atoms with Crippen molar-refractivity contribution < 1.29 is 19.4 Å². The average Bonchev–Trinajstić information content (AvgIpc) is 3.29. The van der Waals surface area contributed by atoms with Gasteiger partial charge in [-0.15, -0.1) is 11.3 Å². The number of likely N-dealkylation sites (N-methyl/N-ethyl adjacent to an activating group) is 1. The van der Waals surface area contributed by atoms with Crippen molar-refractivity contribution in [2.24, 2.45) is 0 Å². The van der Waals surface area contributed by atoms with Crippen molar-refractivity contribution in [2.75, 3.05) is 18.6 Å². The molecule has 0 saturated carbocycles. The molecule has 0 aliphatic carbocycles. The van der Waals surface area contributed by atoms with Gasteiger partial charge in [0.25, 0.3) is 5.91 Å². The average molecular weight is 424 g/mol. The molecular weight excluding hydrogens is 398 g/mol. The molecule has 0 radical (unpaired) electrons. The number of amides is 1. The van der Waals surface area contributed by atoms with Crippen LogP contribution < -0.4 is 9.64 Å². The van der Waals surface area contributed by atoms with Crippen molar-refractivity contribution in [3.63, 3.8) is 0 Å². The van der Waals surface area contributed by atoms with E-state index in [2.05, 4.69) is 0 Å². The largest absolute Gasteiger partial charge is 0.488 e. The summed E-state index contributed by atoms with van der Waals surface area (Å²) in [7, 11) is 1.75. The van der Waals surface area contributed by atoms with Crippen LogP contribution in [0.1, 0.15) is 25.7 Å². The summed E-state index contributed by atoms with van der Waals surface area (Å²) in [6, 6.07) is 17.6. The van der Waals surface area contributed by atoms with E-state index in [1.54, 1.807) is 11.9 Å². The highest BCUT2D eigenvalue weighted by Gasteiger charge is 2.18. The zero-order valence-corrected chi connectivity index (χ0v) is 17.7. The summed E-state index contributed by atoms with van der Waals surface area (Å²) >= 11 is 1.50. The summed E-state index contributed by atoms with van der Waals surface area (Å²) in [5.74, 6) is -0.181. The fourth-order valence-corrected chi connectivity index (χ4v) is 3.85. The van der Waals surface area contributed by atoms with Crippen molar-refractivity contribution >= 4 is 39.0 Å². The molecule has 1 aromatic heterocycles. The zero-order valence-electron chi connectivity index (χ0n) is 16.9. The van der Waals surface area contributed by atoms with Gasteiger partial charge in [0, 0.05) is 18.9 Å². The first-order chi connectivity index (χ1) is 14.6. The first-order valence-corrected chi connectivity index (χ1v) is 10.8. The smallest absolute Gasteiger partial charge is 0.303 e. The number of nitrogens with zero attached hydrogens (tertiary/aromatic N) is 1. The number of anilines is 1. The molecule has 0 spiro atoms. The van der Waals surface area contributed by atoms with Gasteiger partial charge in [-0.1, -0.05) is 42.5 Å². The van der Waals surface area contributed by atoms with Gasteiger partial charge in [-0.3, -0.25) is 9.59 Å². The predicted octanol–water partition coefficient (Wildman–Crippen LogP) is 5.51. The van der Waals surface area contributed by atoms with Gasteiger partial charge in [-0.25, -0.2) is 0 Å². The number of fused-ring (bicyclic) bond motifs is 1. The SMILES string of the molecule is CN(C(=O)/C(=C/CCCCC(=O)O)COc1cccc2ccccc12)c1cccs1. The maximum atomic E-state index is 13.1. The van der Waals surface area contributed by atoms with Gasteiger partial charge < -0.3 is 14.7 Å². The first-order valence-electron chi connectivity index (χ1n) is 9.89. The third kappa shape index (κ3) is 5.70. The highest BCUT2D eigenvalue weighted by atomic mass is 32.1. The molecule has 1 amide bonds. The van der Waals surface area contributed by atoms with Gasteiger partial charge in [-0.2, -0.15) is 0 Å². The van der Waals surface area contributed by atoms with Crippen LogP contribution in [0.2, 0.25) is 0 Å². The lowest BCUT2D eigenvalue weighted by Gasteiger charge is -2.18. The summed E-state index contributed by atoms with van der Waals surface area (Å²) in [4.78, 5) is 25.4. The number of thiophene rings is 1. The van der Waals surface area contributed by atoms with E-state index >= 15 is 0 Å². The predicted molar refractivity (Wildman–Crippen MR) is 121 cm³/mol. The summed E-state index contributed by atoms with van der Waals surface area (Å²) in [5, 5.41) is 13.7. The molecule has 0 bridgehead atoms. The Hall–Kier alpha value is -3.12. The Morgan fingerprint density at radius 1 is 1.07 bits per heavy atom. The van der Waals surface area contributed by atoms with E-state index in [1.807, 2.05) is 66.1 Å². The molecule has 0 atom stereocenters. The first kappa shape index (κ1) is 21.6. The summed E-state index contributed by atoms with van der Waals surface area (Å²) in [6.07, 6.45) is 3.93. The Morgan fingerprint density at radius 2 is 1.87 bits per heavy atom. The number of ether oxygens (including phenoxy) is 1. The van der Waals surface area contributed by atoms with Crippen molar-refractivity contribution in [1.82, 2.24) is 0 Å². The minimum absolute atomic E-state index is 0.115. The summed E-state index contributed by atoms with van der Waals surface area (Å²) < 4.78 is 6.06. The lowest BCUT2D eigenvalue weighted by molar-refractivity contribution is -0.137. The lowest BCUT2D eigenvalue weighted by Crippen LogP contribution is -2.29. The van der Waals surface area contributed by atoms with Crippen molar-refractivity contribution in [3.05, 3.63) is 71.6 Å². The topological polar surface area (TPSA) is 66.8 Å². The molecule has 5 nitrogen and oxygen atoms in total. The minimum atomic E-state index is -0.799. The van der Waals surface area contributed by atoms with Gasteiger partial charge in [0.1, 0.15) is 12.4 Å². The van der Waals surface area contributed by atoms with Crippen LogP contribution >= 0.6 is 11.3 Å². The van der Waals surface area contributed by atoms with E-state index in [0.717, 1.165) is 21.5 Å². The Labute approximate surface area is 180 Å². The Bertz CT molecular complexity index is 1020. The van der Waals surface area contributed by atoms with E-state index < -0.39 is 5.97 Å². The van der Waals surface area contributed by atoms with Crippen molar-refractivity contribution in [3.8, 4) is 5.75 Å². The second kappa shape index (κ2) is 10.6. The molecular formula is C24H25NO4S. The Morgan fingerprint density at radius 3 is 2.63 bits per heavy atom. The van der Waals surface area contributed by atoms with Gasteiger partial charge in [0.2, 0.25) is 0 Å². The summed E-state index contributed by atoms with van der Waals surface area (Å²) in [6.45, 7) is 0.154. The molecule has 1 N–H and O–H groups in total. The van der Waals surface area contributed by atoms with Crippen LogP contribution in [0, 0.1) is 0 Å². The molecule has 3 aromatic rings. The van der Waals surface area contributed by atoms with E-state index in [-0.39, 0.29) is 18.9 Å². The maximum Gasteiger partial charge on any atom is 0.303 e. The Kier molecular flexibility index (Phi) is 7.63. The monoisotopic (exact) mass is 423 g/mol. The number of aliphatic carboxylic acids is 1. The van der Waals surface area contributed by atoms with Crippen LogP contribution in [0.4, 0.5) is 5.00 Å². The highest BCUT2D eigenvalue weighted by molar-refractivity contribution is 7.14. The molecule has 0 unspecified atom stereocenters. The van der Waals surface area contributed by atoms with E-state index in [4.69, 9.17) is 9.84 Å². The van der Waals surface area contributed by atoms with Gasteiger partial charge in [-0.05, 0) is 48.2 Å². The third-order valence-electron chi connectivity index (χ3n) is 4.78. The van der Waals surface area contributed by atoms with Crippen molar-refractivity contribution in [1.29, 1.82) is 0 Å². The molecule has 3 rings (SSSR count). The number of hydrogen-bond donors (Lipinski definition) is 1. The molecule has 30 heavy (non-hydrogen) atoms. The molecule has 2 aromatic carbocycles. The highest BCUT2D eigenvalue weighted by Crippen LogP contribution is 2.26. The fourth-order valence-electron chi connectivity index (χ4n) is 3.16. The lowest BCUT2D eigenvalue weighted by atomic mass is 10.1. The van der Waals surface area contributed by atoms with Crippen LogP contribution in [0.3, 0.4) is 0 Å². The molecule has 156 valence electrons. The molecule has 0 aliphatic rings. The quantitative estimate of drug-likeness (QED) is 0.345. The van der Waals surface area contributed by atoms with Crippen LogP contribution in [-0.4, -0.2) is 30.6 Å². The number of carbonyl (C=O) groups excluding carboxylic acids is 1. The standard InChI is InChI=1S/C24H25NO4S/c1-25(22-14-8-16-30-22)24(28)19(10-3-2-4-15-23(26)27)17-29-21-13-7-11-18-9-5-6-12-20(18)21/h5-14,16H,2-4,15,17H2,1H3,(H,26,27)/b19-10+. The second-order valence-electron chi connectivity index (χ2n) is 6.95. The van der Waals surface area contributed by atoms with Crippen molar-refractivity contribution in [2.45, 2.75) is 25.7 Å². The molecule has 1 heterocycles. The molecule has 0 saturated heterocycles. The zero-order chi connectivity index (χ0) is 21.3. The number of hydrogen-bond acceptors (Lipinski definition) is 4. The van der Waals surface area contributed by atoms with E-state index in [1.165, 1.54) is 11.3 Å². The number of carboxylic acids is 1. The second-order valence-corrected chi connectivity index (χ2v) is 7.88. The third-order valence-corrected chi connectivity index (χ3v) is 5.73. The van der Waals surface area contributed by atoms with Gasteiger partial charge in [0.15, 0.2) is 0 Å².